The van der Waals surface area contributed by atoms with Crippen LogP contribution < -0.4 is 0 Å². The second-order valence-corrected chi connectivity index (χ2v) is 5.03. The van der Waals surface area contributed by atoms with Gasteiger partial charge in [0.1, 0.15) is 5.60 Å². The predicted octanol–water partition coefficient (Wildman–Crippen LogP) is 0.696. The number of methoxy groups -OCH3 is 1. The van der Waals surface area contributed by atoms with E-state index in [1.807, 2.05) is 0 Å². The molecule has 0 aromatic heterocycles. The van der Waals surface area contributed by atoms with Crippen molar-refractivity contribution in [3.8, 4) is 0 Å². The molecule has 2 heterocycles. The SMILES string of the molecule is CO[C@@]12CC[C@H]3O[C@H]3[C@@H]1CC21OCCO1. The Hall–Kier alpha value is -0.160. The van der Waals surface area contributed by atoms with Gasteiger partial charge in [0.25, 0.3) is 0 Å². The van der Waals surface area contributed by atoms with Crippen LogP contribution in [-0.2, 0) is 18.9 Å². The molecule has 0 aromatic carbocycles. The van der Waals surface area contributed by atoms with Gasteiger partial charge in [0, 0.05) is 19.4 Å². The molecule has 15 heavy (non-hydrogen) atoms. The summed E-state index contributed by atoms with van der Waals surface area (Å²) in [6.07, 6.45) is 3.95. The van der Waals surface area contributed by atoms with Crippen LogP contribution in [0, 0.1) is 5.92 Å². The second kappa shape index (κ2) is 2.56. The topological polar surface area (TPSA) is 40.2 Å². The van der Waals surface area contributed by atoms with E-state index in [2.05, 4.69) is 0 Å². The zero-order valence-corrected chi connectivity index (χ0v) is 8.90. The molecule has 4 aliphatic rings. The van der Waals surface area contributed by atoms with Crippen molar-refractivity contribution < 1.29 is 18.9 Å². The summed E-state index contributed by atoms with van der Waals surface area (Å²) < 4.78 is 23.0. The lowest BCUT2D eigenvalue weighted by Gasteiger charge is -2.60. The van der Waals surface area contributed by atoms with E-state index in [1.165, 1.54) is 0 Å². The number of rotatable bonds is 1. The highest BCUT2D eigenvalue weighted by atomic mass is 16.8. The van der Waals surface area contributed by atoms with Crippen molar-refractivity contribution in [1.82, 2.24) is 0 Å². The van der Waals surface area contributed by atoms with E-state index in [1.54, 1.807) is 7.11 Å². The van der Waals surface area contributed by atoms with Crippen LogP contribution in [0.15, 0.2) is 0 Å². The monoisotopic (exact) mass is 212 g/mol. The molecule has 0 aromatic rings. The molecule has 4 atom stereocenters. The average Bonchev–Trinajstić information content (AvgIpc) is 2.84. The normalized spacial score (nSPS) is 54.6. The summed E-state index contributed by atoms with van der Waals surface area (Å²) >= 11 is 0. The Bertz CT molecular complexity index is 299. The van der Waals surface area contributed by atoms with Gasteiger partial charge in [-0.15, -0.1) is 0 Å². The van der Waals surface area contributed by atoms with Gasteiger partial charge in [-0.25, -0.2) is 0 Å². The molecule has 0 bridgehead atoms. The summed E-state index contributed by atoms with van der Waals surface area (Å²) in [5, 5.41) is 0. The minimum Gasteiger partial charge on any atom is -0.372 e. The standard InChI is InChI=1S/C11H16O4/c1-12-10-3-2-8-9(15-8)7(10)6-11(10)13-4-5-14-11/h7-9H,2-6H2,1H3/t7-,8+,9-,10-/m0/s1. The molecule has 84 valence electrons. The van der Waals surface area contributed by atoms with Crippen molar-refractivity contribution in [2.24, 2.45) is 5.92 Å². The lowest BCUT2D eigenvalue weighted by atomic mass is 9.57. The number of fused-ring (bicyclic) bond motifs is 4. The maximum Gasteiger partial charge on any atom is 0.198 e. The third-order valence-corrected chi connectivity index (χ3v) is 4.67. The van der Waals surface area contributed by atoms with E-state index < -0.39 is 5.79 Å². The molecule has 4 nitrogen and oxygen atoms in total. The lowest BCUT2D eigenvalue weighted by Crippen LogP contribution is -2.73. The van der Waals surface area contributed by atoms with Crippen molar-refractivity contribution in [3.63, 3.8) is 0 Å². The van der Waals surface area contributed by atoms with Crippen LogP contribution in [0.25, 0.3) is 0 Å². The molecule has 4 rings (SSSR count). The maximum atomic E-state index is 5.80. The third kappa shape index (κ3) is 0.848. The molecular weight excluding hydrogens is 196 g/mol. The number of hydrogen-bond acceptors (Lipinski definition) is 4. The molecule has 0 amide bonds. The molecular formula is C11H16O4. The maximum absolute atomic E-state index is 5.80. The van der Waals surface area contributed by atoms with Gasteiger partial charge in [-0.2, -0.15) is 0 Å². The van der Waals surface area contributed by atoms with Gasteiger partial charge < -0.3 is 18.9 Å². The first-order valence-electron chi connectivity index (χ1n) is 5.80. The van der Waals surface area contributed by atoms with Gasteiger partial charge in [-0.1, -0.05) is 0 Å². The third-order valence-electron chi connectivity index (χ3n) is 4.67. The minimum absolute atomic E-state index is 0.221. The molecule has 1 spiro atoms. The van der Waals surface area contributed by atoms with Crippen LogP contribution in [0.2, 0.25) is 0 Å². The first kappa shape index (κ1) is 8.93. The largest absolute Gasteiger partial charge is 0.372 e. The average molecular weight is 212 g/mol. The molecule has 0 N–H and O–H groups in total. The molecule has 2 saturated heterocycles. The highest BCUT2D eigenvalue weighted by molar-refractivity contribution is 5.21. The predicted molar refractivity (Wildman–Crippen MR) is 50.4 cm³/mol. The van der Waals surface area contributed by atoms with E-state index in [-0.39, 0.29) is 5.60 Å². The quantitative estimate of drug-likeness (QED) is 0.600. The molecule has 0 radical (unpaired) electrons. The fourth-order valence-corrected chi connectivity index (χ4v) is 3.86. The number of epoxide rings is 1. The highest BCUT2D eigenvalue weighted by Crippen LogP contribution is 2.64. The first-order valence-corrected chi connectivity index (χ1v) is 5.80. The number of hydrogen-bond donors (Lipinski definition) is 0. The van der Waals surface area contributed by atoms with Crippen molar-refractivity contribution in [3.05, 3.63) is 0 Å². The fourth-order valence-electron chi connectivity index (χ4n) is 3.86. The van der Waals surface area contributed by atoms with E-state index in [9.17, 15) is 0 Å². The van der Waals surface area contributed by atoms with Crippen LogP contribution in [0.4, 0.5) is 0 Å². The summed E-state index contributed by atoms with van der Waals surface area (Å²) in [7, 11) is 1.78. The second-order valence-electron chi connectivity index (χ2n) is 5.03. The molecule has 4 fully saturated rings. The molecule has 0 unspecified atom stereocenters. The van der Waals surface area contributed by atoms with Crippen molar-refractivity contribution in [2.45, 2.75) is 42.9 Å². The molecule has 2 saturated carbocycles. The summed E-state index contributed by atoms with van der Waals surface area (Å²) in [6.45, 7) is 1.40. The molecule has 2 aliphatic heterocycles. The summed E-state index contributed by atoms with van der Waals surface area (Å²) in [5.74, 6) is 0.0444. The van der Waals surface area contributed by atoms with Crippen LogP contribution in [0.5, 0.6) is 0 Å². The fraction of sp³-hybridized carbons (Fsp3) is 1.00. The zero-order valence-electron chi connectivity index (χ0n) is 8.90. The Balaban J connectivity index is 1.69. The Kier molecular flexibility index (Phi) is 1.53. The van der Waals surface area contributed by atoms with Gasteiger partial charge >= 0.3 is 0 Å². The number of ether oxygens (including phenoxy) is 4. The van der Waals surface area contributed by atoms with Crippen molar-refractivity contribution in [2.75, 3.05) is 20.3 Å². The van der Waals surface area contributed by atoms with Gasteiger partial charge in [-0.3, -0.25) is 0 Å². The van der Waals surface area contributed by atoms with Crippen LogP contribution in [-0.4, -0.2) is 43.9 Å². The highest BCUT2D eigenvalue weighted by Gasteiger charge is 2.77. The Morgan fingerprint density at radius 3 is 2.80 bits per heavy atom. The van der Waals surface area contributed by atoms with Crippen molar-refractivity contribution in [1.29, 1.82) is 0 Å². The molecule has 2 aliphatic carbocycles. The molecule has 4 heteroatoms. The van der Waals surface area contributed by atoms with Gasteiger partial charge in [0.15, 0.2) is 5.79 Å². The first-order chi connectivity index (χ1) is 7.31. The van der Waals surface area contributed by atoms with Gasteiger partial charge in [-0.05, 0) is 12.8 Å². The van der Waals surface area contributed by atoms with Gasteiger partial charge in [0.2, 0.25) is 0 Å². The summed E-state index contributed by atoms with van der Waals surface area (Å²) in [6, 6.07) is 0. The van der Waals surface area contributed by atoms with E-state index in [0.29, 0.717) is 31.3 Å². The smallest absolute Gasteiger partial charge is 0.198 e. The minimum atomic E-state index is -0.441. The Morgan fingerprint density at radius 2 is 2.07 bits per heavy atom. The van der Waals surface area contributed by atoms with Crippen LogP contribution in [0.1, 0.15) is 19.3 Å². The van der Waals surface area contributed by atoms with Crippen LogP contribution in [0.3, 0.4) is 0 Å². The van der Waals surface area contributed by atoms with Gasteiger partial charge in [0.05, 0.1) is 25.4 Å². The van der Waals surface area contributed by atoms with Crippen molar-refractivity contribution >= 4 is 0 Å². The van der Waals surface area contributed by atoms with Crippen LogP contribution >= 0.6 is 0 Å². The Morgan fingerprint density at radius 1 is 1.27 bits per heavy atom. The van der Waals surface area contributed by atoms with E-state index in [0.717, 1.165) is 19.3 Å². The lowest BCUT2D eigenvalue weighted by molar-refractivity contribution is -0.369. The Labute approximate surface area is 88.8 Å². The summed E-state index contributed by atoms with van der Waals surface area (Å²) in [4.78, 5) is 0. The zero-order chi connectivity index (χ0) is 10.1. The summed E-state index contributed by atoms with van der Waals surface area (Å²) in [5.41, 5.74) is -0.221. The van der Waals surface area contributed by atoms with E-state index in [4.69, 9.17) is 18.9 Å². The van der Waals surface area contributed by atoms with E-state index >= 15 is 0 Å².